The molecule has 0 fully saturated rings. The lowest BCUT2D eigenvalue weighted by Crippen LogP contribution is -2.19. The van der Waals surface area contributed by atoms with Crippen molar-refractivity contribution in [3.05, 3.63) is 54.1 Å². The van der Waals surface area contributed by atoms with Crippen LogP contribution in [0.3, 0.4) is 0 Å². The van der Waals surface area contributed by atoms with Gasteiger partial charge in [-0.05, 0) is 42.8 Å². The number of hydrogen-bond donors (Lipinski definition) is 2. The standard InChI is InChI=1S/C19H22N2O4/c1-13(14-7-9-17(25-3)10-8-14)19(23)21-16-6-4-5-15(11-16)20-18(22)12-24-2/h4-11,13H,12H2,1-3H3,(H,20,22)(H,21,23)/t13-/m1/s1. The summed E-state index contributed by atoms with van der Waals surface area (Å²) >= 11 is 0. The van der Waals surface area contributed by atoms with Gasteiger partial charge in [0.25, 0.3) is 0 Å². The molecular formula is C19H22N2O4. The molecule has 0 spiro atoms. The Hall–Kier alpha value is -2.86. The third-order valence-electron chi connectivity index (χ3n) is 3.70. The largest absolute Gasteiger partial charge is 0.497 e. The van der Waals surface area contributed by atoms with Crippen LogP contribution in [-0.4, -0.2) is 32.6 Å². The number of ether oxygens (including phenoxy) is 2. The number of carbonyl (C=O) groups is 2. The van der Waals surface area contributed by atoms with Crippen molar-refractivity contribution in [3.63, 3.8) is 0 Å². The number of anilines is 2. The summed E-state index contributed by atoms with van der Waals surface area (Å²) in [5.41, 5.74) is 2.10. The molecule has 0 aliphatic rings. The Morgan fingerprint density at radius 1 is 1.00 bits per heavy atom. The third kappa shape index (κ3) is 5.32. The van der Waals surface area contributed by atoms with Crippen molar-refractivity contribution in [2.24, 2.45) is 0 Å². The van der Waals surface area contributed by atoms with Crippen LogP contribution in [0.15, 0.2) is 48.5 Å². The van der Waals surface area contributed by atoms with Crippen LogP contribution < -0.4 is 15.4 Å². The van der Waals surface area contributed by atoms with Gasteiger partial charge in [-0.2, -0.15) is 0 Å². The summed E-state index contributed by atoms with van der Waals surface area (Å²) in [4.78, 5) is 24.0. The van der Waals surface area contributed by atoms with Crippen LogP contribution >= 0.6 is 0 Å². The number of hydrogen-bond acceptors (Lipinski definition) is 4. The van der Waals surface area contributed by atoms with Gasteiger partial charge in [0.15, 0.2) is 0 Å². The smallest absolute Gasteiger partial charge is 0.250 e. The molecule has 2 N–H and O–H groups in total. The van der Waals surface area contributed by atoms with Gasteiger partial charge in [0.2, 0.25) is 11.8 Å². The van der Waals surface area contributed by atoms with E-state index >= 15 is 0 Å². The second kappa shape index (κ2) is 8.84. The molecule has 0 aromatic heterocycles. The second-order valence-electron chi connectivity index (χ2n) is 5.55. The molecule has 2 aromatic carbocycles. The molecule has 0 bridgehead atoms. The molecule has 6 heteroatoms. The summed E-state index contributed by atoms with van der Waals surface area (Å²) in [6.07, 6.45) is 0. The van der Waals surface area contributed by atoms with E-state index in [1.165, 1.54) is 7.11 Å². The highest BCUT2D eigenvalue weighted by molar-refractivity contribution is 5.97. The summed E-state index contributed by atoms with van der Waals surface area (Å²) in [6.45, 7) is 1.81. The highest BCUT2D eigenvalue weighted by Gasteiger charge is 2.15. The van der Waals surface area contributed by atoms with Crippen LogP contribution in [0.1, 0.15) is 18.4 Å². The SMILES string of the molecule is COCC(=O)Nc1cccc(NC(=O)[C@H](C)c2ccc(OC)cc2)c1. The molecule has 0 saturated heterocycles. The van der Waals surface area contributed by atoms with Gasteiger partial charge in [-0.1, -0.05) is 18.2 Å². The van der Waals surface area contributed by atoms with Gasteiger partial charge in [0, 0.05) is 18.5 Å². The molecule has 6 nitrogen and oxygen atoms in total. The Kier molecular flexibility index (Phi) is 6.54. The quantitative estimate of drug-likeness (QED) is 0.811. The molecule has 2 aromatic rings. The molecule has 0 heterocycles. The van der Waals surface area contributed by atoms with E-state index < -0.39 is 0 Å². The average Bonchev–Trinajstić information content (AvgIpc) is 2.61. The van der Waals surface area contributed by atoms with E-state index in [0.717, 1.165) is 11.3 Å². The minimum Gasteiger partial charge on any atom is -0.497 e. The first kappa shape index (κ1) is 18.5. The molecule has 132 valence electrons. The summed E-state index contributed by atoms with van der Waals surface area (Å²) < 4.78 is 9.90. The first-order valence-electron chi connectivity index (χ1n) is 7.87. The number of benzene rings is 2. The van der Waals surface area contributed by atoms with E-state index in [0.29, 0.717) is 11.4 Å². The first-order valence-corrected chi connectivity index (χ1v) is 7.87. The lowest BCUT2D eigenvalue weighted by Gasteiger charge is -2.14. The summed E-state index contributed by atoms with van der Waals surface area (Å²) in [5.74, 6) is 0.0385. The molecule has 2 rings (SSSR count). The highest BCUT2D eigenvalue weighted by Crippen LogP contribution is 2.22. The van der Waals surface area contributed by atoms with Gasteiger partial charge in [-0.15, -0.1) is 0 Å². The average molecular weight is 342 g/mol. The fourth-order valence-electron chi connectivity index (χ4n) is 2.30. The maximum atomic E-state index is 12.5. The minimum absolute atomic E-state index is 0.0227. The number of methoxy groups -OCH3 is 2. The van der Waals surface area contributed by atoms with Crippen LogP contribution in [0.5, 0.6) is 5.75 Å². The number of rotatable bonds is 7. The molecule has 0 unspecified atom stereocenters. The third-order valence-corrected chi connectivity index (χ3v) is 3.70. The fourth-order valence-corrected chi connectivity index (χ4v) is 2.30. The monoisotopic (exact) mass is 342 g/mol. The lowest BCUT2D eigenvalue weighted by molar-refractivity contribution is -0.119. The number of amides is 2. The van der Waals surface area contributed by atoms with Crippen molar-refractivity contribution in [1.29, 1.82) is 0 Å². The lowest BCUT2D eigenvalue weighted by atomic mass is 10.00. The topological polar surface area (TPSA) is 76.7 Å². The Morgan fingerprint density at radius 2 is 1.64 bits per heavy atom. The van der Waals surface area contributed by atoms with Gasteiger partial charge in [0.05, 0.1) is 13.0 Å². The number of nitrogens with one attached hydrogen (secondary N) is 2. The van der Waals surface area contributed by atoms with Crippen molar-refractivity contribution < 1.29 is 19.1 Å². The molecule has 0 saturated carbocycles. The Bertz CT molecular complexity index is 728. The van der Waals surface area contributed by atoms with E-state index in [2.05, 4.69) is 10.6 Å². The zero-order valence-electron chi connectivity index (χ0n) is 14.5. The maximum Gasteiger partial charge on any atom is 0.250 e. The predicted molar refractivity (Wildman–Crippen MR) is 97.0 cm³/mol. The normalized spacial score (nSPS) is 11.5. The molecule has 1 atom stereocenters. The van der Waals surface area contributed by atoms with Crippen LogP contribution in [-0.2, 0) is 14.3 Å². The van der Waals surface area contributed by atoms with Gasteiger partial charge in [-0.25, -0.2) is 0 Å². The second-order valence-corrected chi connectivity index (χ2v) is 5.55. The molecule has 0 aliphatic heterocycles. The van der Waals surface area contributed by atoms with Crippen molar-refractivity contribution in [2.75, 3.05) is 31.5 Å². The highest BCUT2D eigenvalue weighted by atomic mass is 16.5. The fraction of sp³-hybridized carbons (Fsp3) is 0.263. The number of carbonyl (C=O) groups excluding carboxylic acids is 2. The van der Waals surface area contributed by atoms with Crippen molar-refractivity contribution in [3.8, 4) is 5.75 Å². The Labute approximate surface area is 147 Å². The van der Waals surface area contributed by atoms with Gasteiger partial charge >= 0.3 is 0 Å². The van der Waals surface area contributed by atoms with Crippen LogP contribution in [0, 0.1) is 0 Å². The van der Waals surface area contributed by atoms with E-state index in [-0.39, 0.29) is 24.3 Å². The van der Waals surface area contributed by atoms with Gasteiger partial charge < -0.3 is 20.1 Å². The maximum absolute atomic E-state index is 12.5. The molecule has 0 radical (unpaired) electrons. The van der Waals surface area contributed by atoms with Gasteiger partial charge in [0.1, 0.15) is 12.4 Å². The van der Waals surface area contributed by atoms with E-state index in [9.17, 15) is 9.59 Å². The molecular weight excluding hydrogens is 320 g/mol. The van der Waals surface area contributed by atoms with Crippen molar-refractivity contribution in [1.82, 2.24) is 0 Å². The Balaban J connectivity index is 2.02. The predicted octanol–water partition coefficient (Wildman–Crippen LogP) is 3.02. The molecule has 25 heavy (non-hydrogen) atoms. The first-order chi connectivity index (χ1) is 12.0. The zero-order chi connectivity index (χ0) is 18.2. The molecule has 2 amide bonds. The van der Waals surface area contributed by atoms with Crippen LogP contribution in [0.25, 0.3) is 0 Å². The van der Waals surface area contributed by atoms with Crippen LogP contribution in [0.4, 0.5) is 11.4 Å². The van der Waals surface area contributed by atoms with Crippen molar-refractivity contribution >= 4 is 23.2 Å². The van der Waals surface area contributed by atoms with Crippen LogP contribution in [0.2, 0.25) is 0 Å². The summed E-state index contributed by atoms with van der Waals surface area (Å²) in [7, 11) is 3.06. The minimum atomic E-state index is -0.322. The summed E-state index contributed by atoms with van der Waals surface area (Å²) in [6, 6.07) is 14.4. The van der Waals surface area contributed by atoms with E-state index in [4.69, 9.17) is 9.47 Å². The van der Waals surface area contributed by atoms with E-state index in [1.807, 2.05) is 31.2 Å². The van der Waals surface area contributed by atoms with Gasteiger partial charge in [-0.3, -0.25) is 9.59 Å². The molecule has 0 aliphatic carbocycles. The van der Waals surface area contributed by atoms with E-state index in [1.54, 1.807) is 31.4 Å². The Morgan fingerprint density at radius 3 is 2.24 bits per heavy atom. The summed E-state index contributed by atoms with van der Waals surface area (Å²) in [5, 5.41) is 5.56. The zero-order valence-corrected chi connectivity index (χ0v) is 14.5. The van der Waals surface area contributed by atoms with Crippen molar-refractivity contribution in [2.45, 2.75) is 12.8 Å².